The van der Waals surface area contributed by atoms with E-state index in [1.807, 2.05) is 52.0 Å². The second-order valence-corrected chi connectivity index (χ2v) is 6.27. The van der Waals surface area contributed by atoms with Crippen molar-refractivity contribution < 1.29 is 9.59 Å². The van der Waals surface area contributed by atoms with Gasteiger partial charge >= 0.3 is 0 Å². The first-order valence-corrected chi connectivity index (χ1v) is 6.96. The Balaban J connectivity index is 2.47. The highest BCUT2D eigenvalue weighted by Gasteiger charge is 2.32. The van der Waals surface area contributed by atoms with E-state index in [2.05, 4.69) is 4.99 Å². The second kappa shape index (κ2) is 5.41. The van der Waals surface area contributed by atoms with Crippen molar-refractivity contribution in [3.8, 4) is 0 Å². The number of Topliss-reactive ketones (excluding diaryl/α,β-unsaturated/α-hetero) is 1. The maximum Gasteiger partial charge on any atom is 0.266 e. The molecule has 0 aliphatic carbocycles. The Labute approximate surface area is 124 Å². The van der Waals surface area contributed by atoms with Crippen LogP contribution in [0.1, 0.15) is 33.3 Å². The predicted octanol–water partition coefficient (Wildman–Crippen LogP) is 1.74. The molecule has 0 saturated carbocycles. The first-order chi connectivity index (χ1) is 9.71. The Hall–Kier alpha value is -2.01. The summed E-state index contributed by atoms with van der Waals surface area (Å²) < 4.78 is 0. The normalized spacial score (nSPS) is 18.9. The number of amides is 1. The molecule has 2 rings (SSSR count). The van der Waals surface area contributed by atoms with Crippen molar-refractivity contribution in [2.45, 2.75) is 33.9 Å². The van der Waals surface area contributed by atoms with Gasteiger partial charge in [0, 0.05) is 16.7 Å². The maximum atomic E-state index is 12.5. The summed E-state index contributed by atoms with van der Waals surface area (Å²) in [4.78, 5) is 30.4. The van der Waals surface area contributed by atoms with Gasteiger partial charge in [0.2, 0.25) is 0 Å². The van der Waals surface area contributed by atoms with Gasteiger partial charge in [-0.05, 0) is 13.0 Å². The topological polar surface area (TPSA) is 75.8 Å². The monoisotopic (exact) mass is 287 g/mol. The van der Waals surface area contributed by atoms with Gasteiger partial charge in [-0.1, -0.05) is 39.0 Å². The van der Waals surface area contributed by atoms with Crippen LogP contribution in [0.2, 0.25) is 0 Å². The SMILES string of the molecule is CC1=NC(N)C(=O)N(CC(=O)C(C)(C)C)c2ccccc21. The van der Waals surface area contributed by atoms with Crippen LogP contribution in [-0.4, -0.2) is 30.1 Å². The molecule has 0 saturated heterocycles. The molecule has 1 aromatic carbocycles. The molecule has 0 aromatic heterocycles. The second-order valence-electron chi connectivity index (χ2n) is 6.27. The number of benzene rings is 1. The van der Waals surface area contributed by atoms with Crippen molar-refractivity contribution in [3.63, 3.8) is 0 Å². The summed E-state index contributed by atoms with van der Waals surface area (Å²) in [5, 5.41) is 0. The molecule has 0 spiro atoms. The van der Waals surface area contributed by atoms with Crippen molar-refractivity contribution in [2.24, 2.45) is 16.1 Å². The summed E-state index contributed by atoms with van der Waals surface area (Å²) in [6, 6.07) is 7.42. The fourth-order valence-electron chi connectivity index (χ4n) is 2.17. The summed E-state index contributed by atoms with van der Waals surface area (Å²) in [6.07, 6.45) is -0.967. The van der Waals surface area contributed by atoms with E-state index in [1.165, 1.54) is 4.90 Å². The number of hydrogen-bond acceptors (Lipinski definition) is 4. The quantitative estimate of drug-likeness (QED) is 0.900. The minimum atomic E-state index is -0.967. The van der Waals surface area contributed by atoms with Crippen molar-refractivity contribution >= 4 is 23.1 Å². The maximum absolute atomic E-state index is 12.5. The van der Waals surface area contributed by atoms with Gasteiger partial charge in [-0.2, -0.15) is 0 Å². The summed E-state index contributed by atoms with van der Waals surface area (Å²) in [5.74, 6) is -0.366. The number of fused-ring (bicyclic) bond motifs is 1. The number of nitrogens with zero attached hydrogens (tertiary/aromatic N) is 2. The number of anilines is 1. The highest BCUT2D eigenvalue weighted by atomic mass is 16.2. The van der Waals surface area contributed by atoms with E-state index in [9.17, 15) is 9.59 Å². The molecule has 0 fully saturated rings. The molecular weight excluding hydrogens is 266 g/mol. The molecular formula is C16H21N3O2. The third-order valence-electron chi connectivity index (χ3n) is 3.57. The van der Waals surface area contributed by atoms with E-state index < -0.39 is 11.6 Å². The predicted molar refractivity (Wildman–Crippen MR) is 83.4 cm³/mol. The Morgan fingerprint density at radius 2 is 1.95 bits per heavy atom. The van der Waals surface area contributed by atoms with Crippen molar-refractivity contribution in [1.82, 2.24) is 0 Å². The average molecular weight is 287 g/mol. The number of benzodiazepines with no additional fused rings is 1. The number of carbonyl (C=O) groups is 2. The third kappa shape index (κ3) is 3.03. The van der Waals surface area contributed by atoms with Gasteiger partial charge in [0.05, 0.1) is 12.2 Å². The van der Waals surface area contributed by atoms with Crippen LogP contribution in [0.25, 0.3) is 0 Å². The summed E-state index contributed by atoms with van der Waals surface area (Å²) in [7, 11) is 0. The van der Waals surface area contributed by atoms with Gasteiger partial charge in [0.1, 0.15) is 0 Å². The number of nitrogens with two attached hydrogens (primary N) is 1. The highest BCUT2D eigenvalue weighted by Crippen LogP contribution is 2.26. The Morgan fingerprint density at radius 1 is 1.33 bits per heavy atom. The minimum Gasteiger partial charge on any atom is -0.302 e. The van der Waals surface area contributed by atoms with Gasteiger partial charge in [-0.25, -0.2) is 0 Å². The van der Waals surface area contributed by atoms with Crippen molar-refractivity contribution in [1.29, 1.82) is 0 Å². The molecule has 1 aliphatic heterocycles. The lowest BCUT2D eigenvalue weighted by atomic mass is 9.90. The molecule has 1 atom stereocenters. The summed E-state index contributed by atoms with van der Waals surface area (Å²) in [6.45, 7) is 7.35. The molecule has 112 valence electrons. The molecule has 21 heavy (non-hydrogen) atoms. The van der Waals surface area contributed by atoms with Crippen molar-refractivity contribution in [3.05, 3.63) is 29.8 Å². The van der Waals surface area contributed by atoms with Crippen LogP contribution in [0.3, 0.4) is 0 Å². The van der Waals surface area contributed by atoms with E-state index >= 15 is 0 Å². The molecule has 1 heterocycles. The van der Waals surface area contributed by atoms with Crippen LogP contribution >= 0.6 is 0 Å². The minimum absolute atomic E-state index is 0.00977. The number of para-hydroxylation sites is 1. The van der Waals surface area contributed by atoms with Gasteiger partial charge in [0.25, 0.3) is 5.91 Å². The molecule has 0 bridgehead atoms. The van der Waals surface area contributed by atoms with Gasteiger partial charge in [-0.15, -0.1) is 0 Å². The van der Waals surface area contributed by atoms with Crippen LogP contribution in [0.5, 0.6) is 0 Å². The average Bonchev–Trinajstić information content (AvgIpc) is 2.49. The lowest BCUT2D eigenvalue weighted by Gasteiger charge is -2.27. The zero-order chi connectivity index (χ0) is 15.8. The molecule has 0 radical (unpaired) electrons. The number of aliphatic imine (C=N–C) groups is 1. The molecule has 2 N–H and O–H groups in total. The van der Waals surface area contributed by atoms with E-state index in [-0.39, 0.29) is 18.2 Å². The zero-order valence-corrected chi connectivity index (χ0v) is 12.9. The lowest BCUT2D eigenvalue weighted by molar-refractivity contribution is -0.127. The molecule has 5 nitrogen and oxygen atoms in total. The van der Waals surface area contributed by atoms with Crippen LogP contribution < -0.4 is 10.6 Å². The highest BCUT2D eigenvalue weighted by molar-refractivity contribution is 6.13. The van der Waals surface area contributed by atoms with E-state index in [1.54, 1.807) is 0 Å². The van der Waals surface area contributed by atoms with Crippen LogP contribution in [0.4, 0.5) is 5.69 Å². The van der Waals surface area contributed by atoms with Crippen molar-refractivity contribution in [2.75, 3.05) is 11.4 Å². The van der Waals surface area contributed by atoms with Gasteiger partial charge < -0.3 is 10.6 Å². The lowest BCUT2D eigenvalue weighted by Crippen LogP contribution is -2.46. The molecule has 1 aliphatic rings. The van der Waals surface area contributed by atoms with Gasteiger partial charge in [-0.3, -0.25) is 14.6 Å². The Kier molecular flexibility index (Phi) is 3.96. The van der Waals surface area contributed by atoms with Crippen LogP contribution in [0, 0.1) is 5.41 Å². The third-order valence-corrected chi connectivity index (χ3v) is 3.57. The smallest absolute Gasteiger partial charge is 0.266 e. The largest absolute Gasteiger partial charge is 0.302 e. The first-order valence-electron chi connectivity index (χ1n) is 6.96. The molecule has 5 heteroatoms. The number of hydrogen-bond donors (Lipinski definition) is 1. The van der Waals surface area contributed by atoms with Crippen LogP contribution in [-0.2, 0) is 9.59 Å². The Morgan fingerprint density at radius 3 is 2.57 bits per heavy atom. The van der Waals surface area contributed by atoms with E-state index in [4.69, 9.17) is 5.73 Å². The van der Waals surface area contributed by atoms with E-state index in [0.29, 0.717) is 11.4 Å². The molecule has 1 unspecified atom stereocenters. The molecule has 1 aromatic rings. The fourth-order valence-corrected chi connectivity index (χ4v) is 2.17. The first kappa shape index (κ1) is 15.4. The number of rotatable bonds is 2. The number of ketones is 1. The van der Waals surface area contributed by atoms with E-state index in [0.717, 1.165) is 5.56 Å². The van der Waals surface area contributed by atoms with Gasteiger partial charge in [0.15, 0.2) is 11.9 Å². The number of carbonyl (C=O) groups excluding carboxylic acids is 2. The summed E-state index contributed by atoms with van der Waals surface area (Å²) >= 11 is 0. The summed E-state index contributed by atoms with van der Waals surface area (Å²) in [5.41, 5.74) is 7.55. The zero-order valence-electron chi connectivity index (χ0n) is 12.9. The van der Waals surface area contributed by atoms with Crippen LogP contribution in [0.15, 0.2) is 29.3 Å². The fraction of sp³-hybridized carbons (Fsp3) is 0.438. The Bertz CT molecular complexity index is 614. The molecule has 1 amide bonds. The standard InChI is InChI=1S/C16H21N3O2/c1-10-11-7-5-6-8-12(11)19(15(21)14(17)18-10)9-13(20)16(2,3)4/h5-8,14H,9,17H2,1-4H3.